The number of aromatic nitrogens is 2. The van der Waals surface area contributed by atoms with Crippen molar-refractivity contribution in [1.82, 2.24) is 9.97 Å². The zero-order valence-corrected chi connectivity index (χ0v) is 14.1. The first-order chi connectivity index (χ1) is 12.6. The molecule has 2 heterocycles. The summed E-state index contributed by atoms with van der Waals surface area (Å²) in [5.74, 6) is -1.02. The van der Waals surface area contributed by atoms with Crippen LogP contribution in [-0.2, 0) is 0 Å². The number of aromatic amines is 1. The summed E-state index contributed by atoms with van der Waals surface area (Å²) in [7, 11) is 0. The number of anilines is 1. The van der Waals surface area contributed by atoms with Crippen LogP contribution in [0.15, 0.2) is 48.5 Å². The number of carboxylic acid groups (broad SMARTS) is 1. The molecule has 2 aromatic carbocycles. The zero-order valence-electron chi connectivity index (χ0n) is 14.1. The summed E-state index contributed by atoms with van der Waals surface area (Å²) >= 11 is 0. The van der Waals surface area contributed by atoms with Gasteiger partial charge in [0.05, 0.1) is 5.69 Å². The predicted octanol–water partition coefficient (Wildman–Crippen LogP) is 4.18. The molecule has 4 rings (SSSR count). The van der Waals surface area contributed by atoms with Crippen LogP contribution in [-0.4, -0.2) is 34.1 Å². The number of hydrogen-bond acceptors (Lipinski definition) is 3. The Labute approximate surface area is 150 Å². The summed E-state index contributed by atoms with van der Waals surface area (Å²) < 4.78 is 13.2. The molecule has 0 saturated carbocycles. The standard InChI is InChI=1S/C20H18FN3O2/c21-15-7-3-13(4-8-15)17-18(20(25)26)23-19(22-17)14-5-9-16(10-6-14)24-11-1-2-12-24/h3-10H,1-2,11-12H2,(H,22,23)(H,25,26). The van der Waals surface area contributed by atoms with E-state index in [1.807, 2.05) is 24.3 Å². The van der Waals surface area contributed by atoms with Crippen LogP contribution >= 0.6 is 0 Å². The van der Waals surface area contributed by atoms with Crippen LogP contribution in [0.3, 0.4) is 0 Å². The molecule has 0 radical (unpaired) electrons. The second-order valence-corrected chi connectivity index (χ2v) is 6.36. The van der Waals surface area contributed by atoms with Crippen LogP contribution in [0.1, 0.15) is 23.3 Å². The number of benzene rings is 2. The van der Waals surface area contributed by atoms with Crippen molar-refractivity contribution in [2.24, 2.45) is 0 Å². The number of imidazole rings is 1. The normalized spacial score (nSPS) is 14.0. The Morgan fingerprint density at radius 1 is 1.00 bits per heavy atom. The lowest BCUT2D eigenvalue weighted by Gasteiger charge is -2.17. The first-order valence-corrected chi connectivity index (χ1v) is 8.56. The molecule has 2 N–H and O–H groups in total. The van der Waals surface area contributed by atoms with E-state index in [4.69, 9.17) is 0 Å². The highest BCUT2D eigenvalue weighted by Gasteiger charge is 2.19. The largest absolute Gasteiger partial charge is 0.476 e. The smallest absolute Gasteiger partial charge is 0.356 e. The molecule has 0 spiro atoms. The quantitative estimate of drug-likeness (QED) is 0.740. The Kier molecular flexibility index (Phi) is 4.16. The molecule has 1 aliphatic heterocycles. The van der Waals surface area contributed by atoms with E-state index < -0.39 is 5.97 Å². The van der Waals surface area contributed by atoms with Gasteiger partial charge in [-0.25, -0.2) is 14.2 Å². The van der Waals surface area contributed by atoms with Crippen molar-refractivity contribution in [1.29, 1.82) is 0 Å². The average molecular weight is 351 g/mol. The number of rotatable bonds is 4. The lowest BCUT2D eigenvalue weighted by atomic mass is 10.1. The fourth-order valence-electron chi connectivity index (χ4n) is 3.30. The maximum Gasteiger partial charge on any atom is 0.356 e. The summed E-state index contributed by atoms with van der Waals surface area (Å²) in [6, 6.07) is 13.6. The molecule has 5 nitrogen and oxygen atoms in total. The predicted molar refractivity (Wildman–Crippen MR) is 97.8 cm³/mol. The van der Waals surface area contributed by atoms with Gasteiger partial charge < -0.3 is 15.0 Å². The number of aromatic carboxylic acids is 1. The molecule has 0 amide bonds. The molecular weight excluding hydrogens is 333 g/mol. The minimum absolute atomic E-state index is 0.0739. The van der Waals surface area contributed by atoms with Gasteiger partial charge in [0.15, 0.2) is 5.69 Å². The first kappa shape index (κ1) is 16.3. The number of nitrogens with zero attached hydrogens (tertiary/aromatic N) is 2. The third-order valence-electron chi connectivity index (χ3n) is 4.65. The molecular formula is C20H18FN3O2. The van der Waals surface area contributed by atoms with Crippen LogP contribution in [0.5, 0.6) is 0 Å². The van der Waals surface area contributed by atoms with E-state index in [1.54, 1.807) is 0 Å². The Bertz CT molecular complexity index is 927. The summed E-state index contributed by atoms with van der Waals surface area (Å²) in [4.78, 5) is 21.2. The minimum atomic E-state index is -1.12. The molecule has 1 aromatic heterocycles. The van der Waals surface area contributed by atoms with E-state index in [0.717, 1.165) is 24.3 Å². The van der Waals surface area contributed by atoms with Crippen molar-refractivity contribution in [3.63, 3.8) is 0 Å². The molecule has 1 fully saturated rings. The van der Waals surface area contributed by atoms with Crippen LogP contribution < -0.4 is 4.90 Å². The number of nitrogens with one attached hydrogen (secondary N) is 1. The molecule has 132 valence electrons. The van der Waals surface area contributed by atoms with Crippen LogP contribution in [0.25, 0.3) is 22.6 Å². The average Bonchev–Trinajstić information content (AvgIpc) is 3.33. The van der Waals surface area contributed by atoms with E-state index in [9.17, 15) is 14.3 Å². The van der Waals surface area contributed by atoms with Gasteiger partial charge in [0, 0.05) is 29.9 Å². The lowest BCUT2D eigenvalue weighted by molar-refractivity contribution is 0.0692. The van der Waals surface area contributed by atoms with Gasteiger partial charge in [0.1, 0.15) is 11.6 Å². The van der Waals surface area contributed by atoms with Gasteiger partial charge in [0.25, 0.3) is 0 Å². The van der Waals surface area contributed by atoms with Crippen molar-refractivity contribution < 1.29 is 14.3 Å². The maximum absolute atomic E-state index is 13.2. The van der Waals surface area contributed by atoms with Crippen LogP contribution in [0.2, 0.25) is 0 Å². The van der Waals surface area contributed by atoms with Gasteiger partial charge in [-0.05, 0) is 61.4 Å². The van der Waals surface area contributed by atoms with E-state index in [0.29, 0.717) is 17.1 Å². The summed E-state index contributed by atoms with van der Waals surface area (Å²) in [5, 5.41) is 9.47. The van der Waals surface area contributed by atoms with Gasteiger partial charge in [0.2, 0.25) is 0 Å². The SMILES string of the molecule is O=C(O)c1nc(-c2ccc(N3CCCC3)cc2)[nH]c1-c1ccc(F)cc1. The highest BCUT2D eigenvalue weighted by molar-refractivity contribution is 5.94. The van der Waals surface area contributed by atoms with Crippen molar-refractivity contribution in [3.8, 4) is 22.6 Å². The van der Waals surface area contributed by atoms with Gasteiger partial charge in [-0.3, -0.25) is 0 Å². The van der Waals surface area contributed by atoms with Gasteiger partial charge >= 0.3 is 5.97 Å². The van der Waals surface area contributed by atoms with Crippen molar-refractivity contribution in [2.75, 3.05) is 18.0 Å². The number of H-pyrrole nitrogens is 1. The molecule has 26 heavy (non-hydrogen) atoms. The van der Waals surface area contributed by atoms with E-state index in [2.05, 4.69) is 14.9 Å². The number of hydrogen-bond donors (Lipinski definition) is 2. The van der Waals surface area contributed by atoms with E-state index in [-0.39, 0.29) is 11.5 Å². The molecule has 1 aliphatic rings. The summed E-state index contributed by atoms with van der Waals surface area (Å²) in [6.45, 7) is 2.13. The molecule has 3 aromatic rings. The van der Waals surface area contributed by atoms with E-state index in [1.165, 1.54) is 37.1 Å². The molecule has 0 bridgehead atoms. The Hall–Kier alpha value is -3.15. The molecule has 0 atom stereocenters. The lowest BCUT2D eigenvalue weighted by Crippen LogP contribution is -2.17. The summed E-state index contributed by atoms with van der Waals surface area (Å²) in [6.07, 6.45) is 2.42. The monoisotopic (exact) mass is 351 g/mol. The zero-order chi connectivity index (χ0) is 18.1. The maximum atomic E-state index is 13.2. The van der Waals surface area contributed by atoms with Crippen molar-refractivity contribution in [3.05, 3.63) is 60.0 Å². The van der Waals surface area contributed by atoms with Gasteiger partial charge in [-0.2, -0.15) is 0 Å². The Morgan fingerprint density at radius 2 is 1.62 bits per heavy atom. The molecule has 0 unspecified atom stereocenters. The van der Waals surface area contributed by atoms with Gasteiger partial charge in [-0.1, -0.05) is 0 Å². The first-order valence-electron chi connectivity index (χ1n) is 8.56. The number of halogens is 1. The molecule has 6 heteroatoms. The third-order valence-corrected chi connectivity index (χ3v) is 4.65. The Morgan fingerprint density at radius 3 is 2.23 bits per heavy atom. The highest BCUT2D eigenvalue weighted by atomic mass is 19.1. The van der Waals surface area contributed by atoms with E-state index >= 15 is 0 Å². The van der Waals surface area contributed by atoms with Crippen molar-refractivity contribution in [2.45, 2.75) is 12.8 Å². The number of carbonyl (C=O) groups is 1. The fourth-order valence-corrected chi connectivity index (χ4v) is 3.30. The minimum Gasteiger partial charge on any atom is -0.476 e. The molecule has 0 aliphatic carbocycles. The van der Waals surface area contributed by atoms with Crippen molar-refractivity contribution >= 4 is 11.7 Å². The second kappa shape index (κ2) is 6.63. The highest BCUT2D eigenvalue weighted by Crippen LogP contribution is 2.28. The molecule has 1 saturated heterocycles. The third kappa shape index (κ3) is 3.06. The van der Waals surface area contributed by atoms with Crippen LogP contribution in [0, 0.1) is 5.82 Å². The second-order valence-electron chi connectivity index (χ2n) is 6.36. The Balaban J connectivity index is 1.69. The number of carboxylic acids is 1. The van der Waals surface area contributed by atoms with Gasteiger partial charge in [-0.15, -0.1) is 0 Å². The topological polar surface area (TPSA) is 69.2 Å². The fraction of sp³-hybridized carbons (Fsp3) is 0.200. The van der Waals surface area contributed by atoms with Crippen LogP contribution in [0.4, 0.5) is 10.1 Å². The summed E-state index contributed by atoms with van der Waals surface area (Å²) in [5.41, 5.74) is 2.85.